The SMILES string of the molecule is CC(C)N(CCC(N)=NO)c1nccn2cnnc12. The molecule has 3 N–H and O–H groups in total. The highest BCUT2D eigenvalue weighted by atomic mass is 16.4. The van der Waals surface area contributed by atoms with Crippen LogP contribution in [0.5, 0.6) is 0 Å². The molecule has 0 saturated carbocycles. The Bertz CT molecular complexity index is 577. The number of amidine groups is 1. The maximum atomic E-state index is 8.60. The van der Waals surface area contributed by atoms with E-state index in [2.05, 4.69) is 20.3 Å². The highest BCUT2D eigenvalue weighted by Crippen LogP contribution is 2.18. The lowest BCUT2D eigenvalue weighted by Crippen LogP contribution is -2.35. The molecule has 0 fully saturated rings. The second kappa shape index (κ2) is 5.51. The largest absolute Gasteiger partial charge is 0.409 e. The van der Waals surface area contributed by atoms with Gasteiger partial charge in [-0.05, 0) is 13.8 Å². The molecule has 0 saturated heterocycles. The van der Waals surface area contributed by atoms with Crippen molar-refractivity contribution in [3.8, 4) is 0 Å². The minimum absolute atomic E-state index is 0.194. The molecule has 0 aliphatic carbocycles. The first kappa shape index (κ1) is 13.1. The molecule has 102 valence electrons. The molecule has 0 aliphatic rings. The van der Waals surface area contributed by atoms with Gasteiger partial charge >= 0.3 is 0 Å². The lowest BCUT2D eigenvalue weighted by molar-refractivity contribution is 0.317. The standard InChI is InChI=1S/C11H17N7O/c1-8(2)18(5-3-9(12)16-19)10-11-15-14-7-17(11)6-4-13-10/h4,6-8,19H,3,5H2,1-2H3,(H2,12,16). The predicted molar refractivity (Wildman–Crippen MR) is 71.3 cm³/mol. The number of nitrogens with two attached hydrogens (primary N) is 1. The summed E-state index contributed by atoms with van der Waals surface area (Å²) in [5.74, 6) is 0.930. The number of nitrogens with zero attached hydrogens (tertiary/aromatic N) is 6. The summed E-state index contributed by atoms with van der Waals surface area (Å²) in [7, 11) is 0. The monoisotopic (exact) mass is 263 g/mol. The van der Waals surface area contributed by atoms with Gasteiger partial charge in [-0.3, -0.25) is 4.40 Å². The summed E-state index contributed by atoms with van der Waals surface area (Å²) in [6.45, 7) is 4.69. The Morgan fingerprint density at radius 3 is 3.05 bits per heavy atom. The summed E-state index contributed by atoms with van der Waals surface area (Å²) in [4.78, 5) is 6.41. The molecular formula is C11H17N7O. The fourth-order valence-corrected chi connectivity index (χ4v) is 1.84. The Balaban J connectivity index is 2.31. The first-order chi connectivity index (χ1) is 9.13. The van der Waals surface area contributed by atoms with Gasteiger partial charge in [-0.2, -0.15) is 0 Å². The zero-order valence-electron chi connectivity index (χ0n) is 10.9. The van der Waals surface area contributed by atoms with Crippen LogP contribution >= 0.6 is 0 Å². The minimum atomic E-state index is 0.194. The molecule has 0 amide bonds. The number of fused-ring (bicyclic) bond motifs is 1. The second-order valence-electron chi connectivity index (χ2n) is 4.44. The van der Waals surface area contributed by atoms with Gasteiger partial charge < -0.3 is 15.8 Å². The third-order valence-electron chi connectivity index (χ3n) is 2.83. The number of oxime groups is 1. The highest BCUT2D eigenvalue weighted by Gasteiger charge is 2.17. The van der Waals surface area contributed by atoms with Crippen LogP contribution in [0.2, 0.25) is 0 Å². The molecular weight excluding hydrogens is 246 g/mol. The van der Waals surface area contributed by atoms with Crippen LogP contribution in [-0.4, -0.2) is 43.2 Å². The smallest absolute Gasteiger partial charge is 0.203 e. The van der Waals surface area contributed by atoms with Crippen LogP contribution in [0.3, 0.4) is 0 Å². The Hall–Kier alpha value is -2.38. The van der Waals surface area contributed by atoms with Crippen LogP contribution in [0.1, 0.15) is 20.3 Å². The van der Waals surface area contributed by atoms with Gasteiger partial charge in [-0.15, -0.1) is 10.2 Å². The van der Waals surface area contributed by atoms with Crippen molar-refractivity contribution in [2.45, 2.75) is 26.3 Å². The van der Waals surface area contributed by atoms with Gasteiger partial charge in [0.2, 0.25) is 5.65 Å². The van der Waals surface area contributed by atoms with E-state index in [9.17, 15) is 0 Å². The van der Waals surface area contributed by atoms with Gasteiger partial charge in [0.1, 0.15) is 12.2 Å². The predicted octanol–water partition coefficient (Wildman–Crippen LogP) is 0.476. The maximum Gasteiger partial charge on any atom is 0.203 e. The number of anilines is 1. The summed E-state index contributed by atoms with van der Waals surface area (Å²) in [5, 5.41) is 19.5. The number of hydrogen-bond acceptors (Lipinski definition) is 6. The van der Waals surface area contributed by atoms with E-state index in [0.29, 0.717) is 18.6 Å². The molecule has 0 aliphatic heterocycles. The lowest BCUT2D eigenvalue weighted by atomic mass is 10.2. The lowest BCUT2D eigenvalue weighted by Gasteiger charge is -2.27. The van der Waals surface area contributed by atoms with Crippen LogP contribution in [0, 0.1) is 0 Å². The topological polar surface area (TPSA) is 105 Å². The molecule has 2 aromatic rings. The van der Waals surface area contributed by atoms with Gasteiger partial charge in [0.25, 0.3) is 0 Å². The molecule has 0 unspecified atom stereocenters. The first-order valence-corrected chi connectivity index (χ1v) is 6.01. The van der Waals surface area contributed by atoms with E-state index in [0.717, 1.165) is 5.82 Å². The summed E-state index contributed by atoms with van der Waals surface area (Å²) in [6.07, 6.45) is 5.57. The van der Waals surface area contributed by atoms with E-state index in [1.807, 2.05) is 18.7 Å². The van der Waals surface area contributed by atoms with E-state index in [1.54, 1.807) is 23.1 Å². The van der Waals surface area contributed by atoms with Gasteiger partial charge in [0, 0.05) is 31.4 Å². The molecule has 8 heteroatoms. The fraction of sp³-hybridized carbons (Fsp3) is 0.455. The Morgan fingerprint density at radius 2 is 2.37 bits per heavy atom. The Morgan fingerprint density at radius 1 is 1.58 bits per heavy atom. The summed E-state index contributed by atoms with van der Waals surface area (Å²) >= 11 is 0. The van der Waals surface area contributed by atoms with Gasteiger partial charge in [0.15, 0.2) is 5.82 Å². The summed E-state index contributed by atoms with van der Waals surface area (Å²) in [6, 6.07) is 0.210. The molecule has 8 nitrogen and oxygen atoms in total. The van der Waals surface area contributed by atoms with E-state index in [-0.39, 0.29) is 11.9 Å². The molecule has 19 heavy (non-hydrogen) atoms. The van der Waals surface area contributed by atoms with Gasteiger partial charge in [-0.25, -0.2) is 4.98 Å². The second-order valence-corrected chi connectivity index (χ2v) is 4.44. The van der Waals surface area contributed by atoms with Crippen LogP contribution in [0.25, 0.3) is 5.65 Å². The molecule has 2 rings (SSSR count). The van der Waals surface area contributed by atoms with E-state index in [1.165, 1.54) is 0 Å². The van der Waals surface area contributed by atoms with E-state index >= 15 is 0 Å². The number of aromatic nitrogens is 4. The minimum Gasteiger partial charge on any atom is -0.409 e. The van der Waals surface area contributed by atoms with Crippen molar-refractivity contribution in [3.63, 3.8) is 0 Å². The molecule has 0 radical (unpaired) electrons. The average Bonchev–Trinajstić information content (AvgIpc) is 2.87. The highest BCUT2D eigenvalue weighted by molar-refractivity contribution is 5.80. The third kappa shape index (κ3) is 2.72. The van der Waals surface area contributed by atoms with Crippen LogP contribution in [0.4, 0.5) is 5.82 Å². The summed E-state index contributed by atoms with van der Waals surface area (Å²) in [5.41, 5.74) is 6.20. The maximum absolute atomic E-state index is 8.60. The average molecular weight is 263 g/mol. The van der Waals surface area contributed by atoms with Crippen molar-refractivity contribution in [2.24, 2.45) is 10.9 Å². The first-order valence-electron chi connectivity index (χ1n) is 6.01. The van der Waals surface area contributed by atoms with Crippen molar-refractivity contribution < 1.29 is 5.21 Å². The Kier molecular flexibility index (Phi) is 3.79. The molecule has 0 bridgehead atoms. The molecule has 0 atom stereocenters. The van der Waals surface area contributed by atoms with Gasteiger partial charge in [-0.1, -0.05) is 5.16 Å². The van der Waals surface area contributed by atoms with E-state index < -0.39 is 0 Å². The third-order valence-corrected chi connectivity index (χ3v) is 2.83. The van der Waals surface area contributed by atoms with Crippen molar-refractivity contribution in [3.05, 3.63) is 18.7 Å². The van der Waals surface area contributed by atoms with Crippen LogP contribution in [0.15, 0.2) is 23.9 Å². The Labute approximate surface area is 110 Å². The van der Waals surface area contributed by atoms with Crippen molar-refractivity contribution in [1.29, 1.82) is 0 Å². The molecule has 0 aromatic carbocycles. The van der Waals surface area contributed by atoms with Crippen LogP contribution < -0.4 is 10.6 Å². The molecule has 0 spiro atoms. The number of hydrogen-bond donors (Lipinski definition) is 2. The van der Waals surface area contributed by atoms with E-state index in [4.69, 9.17) is 10.9 Å². The van der Waals surface area contributed by atoms with Crippen molar-refractivity contribution >= 4 is 17.3 Å². The summed E-state index contributed by atoms with van der Waals surface area (Å²) < 4.78 is 1.81. The number of rotatable bonds is 5. The van der Waals surface area contributed by atoms with Crippen molar-refractivity contribution in [1.82, 2.24) is 19.6 Å². The zero-order chi connectivity index (χ0) is 13.8. The van der Waals surface area contributed by atoms with Gasteiger partial charge in [0.05, 0.1) is 0 Å². The zero-order valence-corrected chi connectivity index (χ0v) is 10.9. The quantitative estimate of drug-likeness (QED) is 0.352. The normalized spacial score (nSPS) is 12.3. The van der Waals surface area contributed by atoms with Crippen LogP contribution in [-0.2, 0) is 0 Å². The fourth-order valence-electron chi connectivity index (χ4n) is 1.84. The molecule has 2 aromatic heterocycles. The van der Waals surface area contributed by atoms with Crippen molar-refractivity contribution in [2.75, 3.05) is 11.4 Å². The molecule has 2 heterocycles.